The Kier molecular flexibility index (Phi) is 3.92. The second kappa shape index (κ2) is 5.68. The molecule has 2 aliphatic rings. The predicted molar refractivity (Wildman–Crippen MR) is 79.3 cm³/mol. The molecule has 6 heteroatoms. The van der Waals surface area contributed by atoms with Gasteiger partial charge < -0.3 is 10.2 Å². The lowest BCUT2D eigenvalue weighted by atomic mass is 10.1. The van der Waals surface area contributed by atoms with Crippen molar-refractivity contribution in [3.05, 3.63) is 28.0 Å². The number of anilines is 1. The Morgan fingerprint density at radius 1 is 1.25 bits per heavy atom. The molecule has 20 heavy (non-hydrogen) atoms. The molecule has 3 rings (SSSR count). The molecule has 2 heterocycles. The molecule has 0 radical (unpaired) electrons. The van der Waals surface area contributed by atoms with Crippen molar-refractivity contribution in [2.75, 3.05) is 44.2 Å². The van der Waals surface area contributed by atoms with Gasteiger partial charge in [0.25, 0.3) is 0 Å². The molecule has 4 nitrogen and oxygen atoms in total. The van der Waals surface area contributed by atoms with Crippen molar-refractivity contribution in [2.24, 2.45) is 0 Å². The molecule has 2 fully saturated rings. The fourth-order valence-electron chi connectivity index (χ4n) is 2.73. The molecule has 0 aromatic heterocycles. The van der Waals surface area contributed by atoms with Gasteiger partial charge in [0.05, 0.1) is 15.7 Å². The molecule has 0 unspecified atom stereocenters. The molecule has 1 aromatic carbocycles. The number of nitrogens with one attached hydrogen (secondary N) is 1. The molecule has 0 amide bonds. The molecule has 0 saturated carbocycles. The maximum atomic E-state index is 14.3. The largest absolute Gasteiger partial charge is 0.367 e. The summed E-state index contributed by atoms with van der Waals surface area (Å²) in [7, 11) is 0. The van der Waals surface area contributed by atoms with Gasteiger partial charge in [0, 0.05) is 45.3 Å². The minimum atomic E-state index is -0.331. The number of halogens is 2. The van der Waals surface area contributed by atoms with Gasteiger partial charge in [-0.2, -0.15) is 5.26 Å². The van der Waals surface area contributed by atoms with Crippen LogP contribution in [0.25, 0.3) is 0 Å². The summed E-state index contributed by atoms with van der Waals surface area (Å²) < 4.78 is 14.6. The summed E-state index contributed by atoms with van der Waals surface area (Å²) >= 11 is 3.17. The minimum absolute atomic E-state index is 0.267. The third-order valence-corrected chi connectivity index (χ3v) is 4.89. The minimum Gasteiger partial charge on any atom is -0.367 e. The standard InChI is InChI=1S/C14H16BrFN4/c15-13-10(7-17)1-2-12(14(13)16)20-5-3-19(4-6-20)11-8-18-9-11/h1-2,11,18H,3-6,8-9H2. The summed E-state index contributed by atoms with van der Waals surface area (Å²) in [4.78, 5) is 4.52. The van der Waals surface area contributed by atoms with Crippen LogP contribution in [0, 0.1) is 17.1 Å². The van der Waals surface area contributed by atoms with Crippen LogP contribution in [0.4, 0.5) is 10.1 Å². The van der Waals surface area contributed by atoms with Crippen LogP contribution in [0.3, 0.4) is 0 Å². The summed E-state index contributed by atoms with van der Waals surface area (Å²) in [5.74, 6) is -0.331. The van der Waals surface area contributed by atoms with Crippen LogP contribution in [0.15, 0.2) is 16.6 Å². The van der Waals surface area contributed by atoms with E-state index in [1.54, 1.807) is 12.1 Å². The number of hydrogen-bond donors (Lipinski definition) is 1. The quantitative estimate of drug-likeness (QED) is 0.888. The van der Waals surface area contributed by atoms with E-state index < -0.39 is 0 Å². The lowest BCUT2D eigenvalue weighted by molar-refractivity contribution is 0.137. The van der Waals surface area contributed by atoms with Gasteiger partial charge in [0.2, 0.25) is 0 Å². The van der Waals surface area contributed by atoms with E-state index in [0.29, 0.717) is 17.3 Å². The van der Waals surface area contributed by atoms with E-state index in [9.17, 15) is 4.39 Å². The van der Waals surface area contributed by atoms with E-state index in [-0.39, 0.29) is 10.3 Å². The summed E-state index contributed by atoms with van der Waals surface area (Å²) in [6, 6.07) is 6.01. The van der Waals surface area contributed by atoms with E-state index in [4.69, 9.17) is 5.26 Å². The van der Waals surface area contributed by atoms with Crippen LogP contribution in [0.5, 0.6) is 0 Å². The molecule has 106 valence electrons. The van der Waals surface area contributed by atoms with E-state index in [2.05, 4.69) is 31.0 Å². The third kappa shape index (κ3) is 2.41. The highest BCUT2D eigenvalue weighted by molar-refractivity contribution is 9.10. The Morgan fingerprint density at radius 3 is 2.50 bits per heavy atom. The number of nitriles is 1. The molecule has 1 N–H and O–H groups in total. The van der Waals surface area contributed by atoms with Crippen molar-refractivity contribution in [3.63, 3.8) is 0 Å². The fraction of sp³-hybridized carbons (Fsp3) is 0.500. The van der Waals surface area contributed by atoms with Gasteiger partial charge in [-0.1, -0.05) is 0 Å². The number of nitrogens with zero attached hydrogens (tertiary/aromatic N) is 3. The lowest BCUT2D eigenvalue weighted by Crippen LogP contribution is -2.61. The van der Waals surface area contributed by atoms with Crippen LogP contribution in [-0.2, 0) is 0 Å². The van der Waals surface area contributed by atoms with Crippen molar-refractivity contribution in [3.8, 4) is 6.07 Å². The van der Waals surface area contributed by atoms with E-state index in [0.717, 1.165) is 39.3 Å². The van der Waals surface area contributed by atoms with Gasteiger partial charge in [0.15, 0.2) is 5.82 Å². The van der Waals surface area contributed by atoms with E-state index in [1.165, 1.54) is 0 Å². The van der Waals surface area contributed by atoms with Gasteiger partial charge >= 0.3 is 0 Å². The van der Waals surface area contributed by atoms with Crippen LogP contribution < -0.4 is 10.2 Å². The first kappa shape index (κ1) is 13.8. The normalized spacial score (nSPS) is 20.6. The maximum Gasteiger partial charge on any atom is 0.161 e. The smallest absolute Gasteiger partial charge is 0.161 e. The Morgan fingerprint density at radius 2 is 1.95 bits per heavy atom. The monoisotopic (exact) mass is 338 g/mol. The summed E-state index contributed by atoms with van der Waals surface area (Å²) in [5.41, 5.74) is 0.924. The second-order valence-corrected chi connectivity index (χ2v) is 6.00. The van der Waals surface area contributed by atoms with Crippen LogP contribution in [-0.4, -0.2) is 50.2 Å². The predicted octanol–water partition coefficient (Wildman–Crippen LogP) is 1.55. The molecule has 0 bridgehead atoms. The highest BCUT2D eigenvalue weighted by Crippen LogP contribution is 2.30. The molecule has 1 aromatic rings. The molecule has 0 atom stereocenters. The van der Waals surface area contributed by atoms with Crippen molar-refractivity contribution < 1.29 is 4.39 Å². The topological polar surface area (TPSA) is 42.3 Å². The van der Waals surface area contributed by atoms with Gasteiger partial charge in [0.1, 0.15) is 6.07 Å². The molecule has 0 aliphatic carbocycles. The first-order valence-corrected chi connectivity index (χ1v) is 7.58. The SMILES string of the molecule is N#Cc1ccc(N2CCN(C3CNC3)CC2)c(F)c1Br. The number of benzene rings is 1. The van der Waals surface area contributed by atoms with Crippen LogP contribution >= 0.6 is 15.9 Å². The molecular formula is C14H16BrFN4. The van der Waals surface area contributed by atoms with Crippen molar-refractivity contribution in [1.29, 1.82) is 5.26 Å². The first-order chi connectivity index (χ1) is 9.70. The number of hydrogen-bond acceptors (Lipinski definition) is 4. The first-order valence-electron chi connectivity index (χ1n) is 6.78. The van der Waals surface area contributed by atoms with Gasteiger partial charge in [-0.15, -0.1) is 0 Å². The van der Waals surface area contributed by atoms with Gasteiger partial charge in [-0.25, -0.2) is 4.39 Å². The molecule has 2 aliphatic heterocycles. The Bertz CT molecular complexity index is 545. The van der Waals surface area contributed by atoms with Gasteiger partial charge in [-0.3, -0.25) is 4.90 Å². The Labute approximate surface area is 126 Å². The lowest BCUT2D eigenvalue weighted by Gasteiger charge is -2.44. The number of piperazine rings is 1. The average Bonchev–Trinajstić information content (AvgIpc) is 2.41. The van der Waals surface area contributed by atoms with Crippen molar-refractivity contribution in [1.82, 2.24) is 10.2 Å². The zero-order valence-corrected chi connectivity index (χ0v) is 12.7. The highest BCUT2D eigenvalue weighted by atomic mass is 79.9. The second-order valence-electron chi connectivity index (χ2n) is 5.21. The summed E-state index contributed by atoms with van der Waals surface area (Å²) in [5, 5.41) is 12.2. The highest BCUT2D eigenvalue weighted by Gasteiger charge is 2.28. The van der Waals surface area contributed by atoms with Gasteiger partial charge in [-0.05, 0) is 28.1 Å². The molecule has 0 spiro atoms. The van der Waals surface area contributed by atoms with Crippen LogP contribution in [0.1, 0.15) is 5.56 Å². The Balaban J connectivity index is 1.72. The van der Waals surface area contributed by atoms with E-state index >= 15 is 0 Å². The average molecular weight is 339 g/mol. The zero-order valence-electron chi connectivity index (χ0n) is 11.1. The third-order valence-electron chi connectivity index (χ3n) is 4.11. The Hall–Kier alpha value is -1.16. The fourth-order valence-corrected chi connectivity index (χ4v) is 3.15. The summed E-state index contributed by atoms with van der Waals surface area (Å²) in [6.45, 7) is 5.71. The van der Waals surface area contributed by atoms with Crippen molar-refractivity contribution in [2.45, 2.75) is 6.04 Å². The maximum absolute atomic E-state index is 14.3. The molecular weight excluding hydrogens is 323 g/mol. The number of rotatable bonds is 2. The van der Waals surface area contributed by atoms with E-state index in [1.807, 2.05) is 6.07 Å². The van der Waals surface area contributed by atoms with Crippen molar-refractivity contribution >= 4 is 21.6 Å². The van der Waals surface area contributed by atoms with Crippen LogP contribution in [0.2, 0.25) is 0 Å². The molecule has 2 saturated heterocycles. The zero-order chi connectivity index (χ0) is 14.1. The summed E-state index contributed by atoms with van der Waals surface area (Å²) in [6.07, 6.45) is 0.